The smallest absolute Gasteiger partial charge is 0.358 e. The molecular weight excluding hydrogens is 374 g/mol. The molecule has 1 aliphatic rings. The number of nitrogens with zero attached hydrogens (tertiary/aromatic N) is 2. The second kappa shape index (κ2) is 8.48. The number of nitrogens with two attached hydrogens (primary N) is 1. The van der Waals surface area contributed by atoms with Crippen molar-refractivity contribution in [2.45, 2.75) is 33.6 Å². The lowest BCUT2D eigenvalue weighted by Crippen LogP contribution is -2.16. The molecule has 2 aromatic heterocycles. The Labute approximate surface area is 168 Å². The number of hydrogen-bond donors (Lipinski definition) is 1. The predicted octanol–water partition coefficient (Wildman–Crippen LogP) is 4.49. The Morgan fingerprint density at radius 2 is 2.11 bits per heavy atom. The molecule has 2 N–H and O–H groups in total. The minimum Gasteiger partial charge on any atom is -0.495 e. The van der Waals surface area contributed by atoms with Crippen LogP contribution >= 0.6 is 11.3 Å². The Bertz CT molecular complexity index is 977. The van der Waals surface area contributed by atoms with Gasteiger partial charge in [-0.15, -0.1) is 11.3 Å². The molecule has 6 nitrogen and oxygen atoms in total. The van der Waals surface area contributed by atoms with Crippen LogP contribution in [0.3, 0.4) is 0 Å². The molecule has 3 aromatic rings. The fourth-order valence-corrected chi connectivity index (χ4v) is 4.05. The number of nitrogen functional groups attached to an aromatic ring is 1. The van der Waals surface area contributed by atoms with E-state index in [2.05, 4.69) is 4.98 Å². The predicted molar refractivity (Wildman–Crippen MR) is 113 cm³/mol. The zero-order valence-corrected chi connectivity index (χ0v) is 17.4. The number of methoxy groups -OCH3 is 1. The van der Waals surface area contributed by atoms with E-state index in [4.69, 9.17) is 15.2 Å². The van der Waals surface area contributed by atoms with Crippen LogP contribution in [0.15, 0.2) is 29.6 Å². The first-order chi connectivity index (χ1) is 13.6. The van der Waals surface area contributed by atoms with Crippen molar-refractivity contribution in [1.82, 2.24) is 9.55 Å². The number of aromatic nitrogens is 2. The third-order valence-corrected chi connectivity index (χ3v) is 5.35. The van der Waals surface area contributed by atoms with E-state index in [9.17, 15) is 4.79 Å². The summed E-state index contributed by atoms with van der Waals surface area (Å²) in [5.74, 6) is 1.02. The average molecular weight is 400 g/mol. The van der Waals surface area contributed by atoms with E-state index in [1.807, 2.05) is 48.1 Å². The normalized spacial score (nSPS) is 11.7. The molecule has 0 fully saturated rings. The molecule has 0 aliphatic carbocycles. The maximum Gasteiger partial charge on any atom is 0.358 e. The van der Waals surface area contributed by atoms with Gasteiger partial charge in [-0.2, -0.15) is 0 Å². The molecule has 4 rings (SSSR count). The third-order valence-electron chi connectivity index (χ3n) is 4.49. The number of carbonyl (C=O) groups excluding carboxylic acids is 1. The van der Waals surface area contributed by atoms with Crippen molar-refractivity contribution in [3.8, 4) is 22.1 Å². The minimum absolute atomic E-state index is 0.320. The summed E-state index contributed by atoms with van der Waals surface area (Å²) >= 11 is 1.58. The Kier molecular flexibility index (Phi) is 6.04. The van der Waals surface area contributed by atoms with Crippen LogP contribution < -0.4 is 10.5 Å². The lowest BCUT2D eigenvalue weighted by Gasteiger charge is -2.22. The molecule has 148 valence electrons. The van der Waals surface area contributed by atoms with Gasteiger partial charge in [0, 0.05) is 0 Å². The lowest BCUT2D eigenvalue weighted by molar-refractivity contribution is 0.0518. The molecule has 28 heavy (non-hydrogen) atoms. The number of hydrogen-bond acceptors (Lipinski definition) is 6. The summed E-state index contributed by atoms with van der Waals surface area (Å²) in [6.45, 7) is 6.11. The summed E-state index contributed by atoms with van der Waals surface area (Å²) < 4.78 is 12.6. The average Bonchev–Trinajstić information content (AvgIpc) is 3.37. The van der Waals surface area contributed by atoms with Crippen LogP contribution in [-0.4, -0.2) is 29.2 Å². The van der Waals surface area contributed by atoms with Crippen molar-refractivity contribution in [3.05, 3.63) is 46.6 Å². The highest BCUT2D eigenvalue weighted by Crippen LogP contribution is 2.38. The molecule has 0 saturated carbocycles. The van der Waals surface area contributed by atoms with E-state index in [0.29, 0.717) is 30.2 Å². The van der Waals surface area contributed by atoms with Crippen LogP contribution in [0.4, 0.5) is 5.69 Å². The number of esters is 1. The zero-order chi connectivity index (χ0) is 20.3. The molecule has 0 unspecified atom stereocenters. The van der Waals surface area contributed by atoms with Crippen LogP contribution in [0.1, 0.15) is 42.5 Å². The highest BCUT2D eigenvalue weighted by atomic mass is 32.1. The molecule has 1 aliphatic heterocycles. The molecule has 0 spiro atoms. The maximum absolute atomic E-state index is 12.4. The number of anilines is 1. The molecule has 3 heterocycles. The quantitative estimate of drug-likeness (QED) is 0.516. The monoisotopic (exact) mass is 399 g/mol. The van der Waals surface area contributed by atoms with E-state index in [-0.39, 0.29) is 5.97 Å². The number of benzene rings is 1. The molecule has 0 radical (unpaired) electrons. The first kappa shape index (κ1) is 19.9. The Balaban J connectivity index is 0.00000109. The summed E-state index contributed by atoms with van der Waals surface area (Å²) in [4.78, 5) is 18.1. The van der Waals surface area contributed by atoms with Crippen molar-refractivity contribution < 1.29 is 14.3 Å². The van der Waals surface area contributed by atoms with Gasteiger partial charge in [-0.05, 0) is 48.9 Å². The summed E-state index contributed by atoms with van der Waals surface area (Å²) in [5, 5.41) is 1.99. The fourth-order valence-electron chi connectivity index (χ4n) is 3.34. The minimum atomic E-state index is -0.385. The summed E-state index contributed by atoms with van der Waals surface area (Å²) in [6.07, 6.45) is 1.49. The summed E-state index contributed by atoms with van der Waals surface area (Å²) in [5.41, 5.74) is 10.0. The largest absolute Gasteiger partial charge is 0.495 e. The van der Waals surface area contributed by atoms with Gasteiger partial charge >= 0.3 is 5.97 Å². The molecule has 1 aromatic carbocycles. The Hall–Kier alpha value is -2.80. The second-order valence-corrected chi connectivity index (χ2v) is 6.93. The van der Waals surface area contributed by atoms with E-state index >= 15 is 0 Å². The van der Waals surface area contributed by atoms with Crippen LogP contribution in [-0.2, 0) is 17.6 Å². The summed E-state index contributed by atoms with van der Waals surface area (Å²) in [7, 11) is 1.61. The van der Waals surface area contributed by atoms with Crippen LogP contribution in [0.25, 0.3) is 16.4 Å². The van der Waals surface area contributed by atoms with E-state index in [1.54, 1.807) is 25.4 Å². The number of imidazole rings is 1. The van der Waals surface area contributed by atoms with Gasteiger partial charge in [0.25, 0.3) is 0 Å². The molecular formula is C21H25N3O3S. The SMILES string of the molecule is CC.CCOC(=O)c1nc(-c2cccs2)n2c1CCc1cc(OC)c(N)cc1-2. The van der Waals surface area contributed by atoms with Gasteiger partial charge in [0.15, 0.2) is 11.5 Å². The van der Waals surface area contributed by atoms with Crippen molar-refractivity contribution >= 4 is 23.0 Å². The number of thiophene rings is 1. The van der Waals surface area contributed by atoms with Crippen molar-refractivity contribution in [3.63, 3.8) is 0 Å². The van der Waals surface area contributed by atoms with E-state index in [0.717, 1.165) is 34.1 Å². The van der Waals surface area contributed by atoms with Gasteiger partial charge in [-0.1, -0.05) is 19.9 Å². The van der Waals surface area contributed by atoms with Gasteiger partial charge < -0.3 is 15.2 Å². The van der Waals surface area contributed by atoms with Crippen molar-refractivity contribution in [1.29, 1.82) is 0 Å². The highest BCUT2D eigenvalue weighted by molar-refractivity contribution is 7.13. The second-order valence-electron chi connectivity index (χ2n) is 5.99. The number of rotatable bonds is 4. The lowest BCUT2D eigenvalue weighted by atomic mass is 9.99. The first-order valence-corrected chi connectivity index (χ1v) is 10.3. The van der Waals surface area contributed by atoms with Crippen LogP contribution in [0, 0.1) is 0 Å². The Morgan fingerprint density at radius 3 is 2.75 bits per heavy atom. The molecule has 0 amide bonds. The molecule has 0 atom stereocenters. The number of aryl methyl sites for hydroxylation is 1. The van der Waals surface area contributed by atoms with E-state index < -0.39 is 0 Å². The number of carbonyl (C=O) groups is 1. The van der Waals surface area contributed by atoms with Crippen molar-refractivity contribution in [2.24, 2.45) is 0 Å². The molecule has 7 heteroatoms. The topological polar surface area (TPSA) is 79.4 Å². The van der Waals surface area contributed by atoms with Crippen LogP contribution in [0.2, 0.25) is 0 Å². The standard InChI is InChI=1S/C19H19N3O3S.C2H6/c1-3-25-19(23)17-13-7-6-11-9-15(24-2)12(20)10-14(11)22(13)18(21-17)16-5-4-8-26-16;1-2/h4-5,8-10H,3,6-7,20H2,1-2H3;1-2H3. The van der Waals surface area contributed by atoms with Crippen molar-refractivity contribution in [2.75, 3.05) is 19.5 Å². The number of ether oxygens (including phenoxy) is 2. The van der Waals surface area contributed by atoms with Gasteiger partial charge in [-0.25, -0.2) is 9.78 Å². The van der Waals surface area contributed by atoms with Crippen LogP contribution in [0.5, 0.6) is 5.75 Å². The third kappa shape index (κ3) is 3.38. The Morgan fingerprint density at radius 1 is 1.32 bits per heavy atom. The molecule has 0 saturated heterocycles. The van der Waals surface area contributed by atoms with Gasteiger partial charge in [0.05, 0.1) is 35.7 Å². The maximum atomic E-state index is 12.4. The highest BCUT2D eigenvalue weighted by Gasteiger charge is 2.29. The van der Waals surface area contributed by atoms with Gasteiger partial charge in [0.2, 0.25) is 0 Å². The fraction of sp³-hybridized carbons (Fsp3) is 0.333. The zero-order valence-electron chi connectivity index (χ0n) is 16.6. The van der Waals surface area contributed by atoms with Gasteiger partial charge in [-0.3, -0.25) is 4.57 Å². The molecule has 0 bridgehead atoms. The van der Waals surface area contributed by atoms with Gasteiger partial charge in [0.1, 0.15) is 5.75 Å². The number of fused-ring (bicyclic) bond motifs is 3. The van der Waals surface area contributed by atoms with E-state index in [1.165, 1.54) is 0 Å². The first-order valence-electron chi connectivity index (χ1n) is 9.43. The summed E-state index contributed by atoms with van der Waals surface area (Å²) in [6, 6.07) is 7.83.